The Labute approximate surface area is 109 Å². The molecule has 0 spiro atoms. The Morgan fingerprint density at radius 1 is 1.17 bits per heavy atom. The molecule has 3 heteroatoms. The molecule has 0 aromatic heterocycles. The summed E-state index contributed by atoms with van der Waals surface area (Å²) in [6.07, 6.45) is 1.81. The molecule has 3 nitrogen and oxygen atoms in total. The highest BCUT2D eigenvalue weighted by atomic mass is 16.7. The van der Waals surface area contributed by atoms with Crippen LogP contribution in [-0.2, 0) is 21.7 Å². The standard InChI is InChI=1S/C15H23NO2/c1-12(2)11-13-3-5-14(6-4-13)15(7-8-16)17-9-10-18-15/h3-6,12H,7-11,16H2,1-2H3. The van der Waals surface area contributed by atoms with Crippen LogP contribution in [0.2, 0.25) is 0 Å². The van der Waals surface area contributed by atoms with Gasteiger partial charge >= 0.3 is 0 Å². The van der Waals surface area contributed by atoms with Crippen molar-refractivity contribution in [2.45, 2.75) is 32.5 Å². The van der Waals surface area contributed by atoms with Crippen LogP contribution in [0.4, 0.5) is 0 Å². The number of hydrogen-bond donors (Lipinski definition) is 1. The van der Waals surface area contributed by atoms with Crippen molar-refractivity contribution in [3.8, 4) is 0 Å². The van der Waals surface area contributed by atoms with Gasteiger partial charge in [-0.3, -0.25) is 0 Å². The Kier molecular flexibility index (Phi) is 4.38. The molecule has 0 unspecified atom stereocenters. The molecule has 0 amide bonds. The molecular weight excluding hydrogens is 226 g/mol. The molecule has 0 atom stereocenters. The van der Waals surface area contributed by atoms with Crippen molar-refractivity contribution in [3.05, 3.63) is 35.4 Å². The fourth-order valence-corrected chi connectivity index (χ4v) is 2.47. The second-order valence-corrected chi connectivity index (χ2v) is 5.28. The first kappa shape index (κ1) is 13.5. The van der Waals surface area contributed by atoms with Crippen LogP contribution in [0.5, 0.6) is 0 Å². The monoisotopic (exact) mass is 249 g/mol. The number of rotatable bonds is 5. The van der Waals surface area contributed by atoms with Crippen molar-refractivity contribution < 1.29 is 9.47 Å². The summed E-state index contributed by atoms with van der Waals surface area (Å²) in [6.45, 7) is 6.31. The van der Waals surface area contributed by atoms with Crippen molar-refractivity contribution in [1.29, 1.82) is 0 Å². The summed E-state index contributed by atoms with van der Waals surface area (Å²) in [5, 5.41) is 0. The number of hydrogen-bond acceptors (Lipinski definition) is 3. The fraction of sp³-hybridized carbons (Fsp3) is 0.600. The maximum absolute atomic E-state index is 5.79. The van der Waals surface area contributed by atoms with Gasteiger partial charge in [-0.15, -0.1) is 0 Å². The number of ether oxygens (including phenoxy) is 2. The normalized spacial score (nSPS) is 18.4. The van der Waals surface area contributed by atoms with Gasteiger partial charge < -0.3 is 15.2 Å². The largest absolute Gasteiger partial charge is 0.343 e. The lowest BCUT2D eigenvalue weighted by Crippen LogP contribution is -2.30. The van der Waals surface area contributed by atoms with Gasteiger partial charge in [0.05, 0.1) is 13.2 Å². The van der Waals surface area contributed by atoms with E-state index in [9.17, 15) is 0 Å². The highest BCUT2D eigenvalue weighted by molar-refractivity contribution is 5.26. The third-order valence-electron chi connectivity index (χ3n) is 3.26. The van der Waals surface area contributed by atoms with Gasteiger partial charge in [0.1, 0.15) is 0 Å². The third kappa shape index (κ3) is 2.91. The van der Waals surface area contributed by atoms with E-state index in [-0.39, 0.29) is 0 Å². The average Bonchev–Trinajstić information content (AvgIpc) is 2.79. The maximum Gasteiger partial charge on any atom is 0.196 e. The van der Waals surface area contributed by atoms with Crippen LogP contribution >= 0.6 is 0 Å². The molecule has 1 fully saturated rings. The van der Waals surface area contributed by atoms with E-state index in [1.54, 1.807) is 0 Å². The molecule has 0 bridgehead atoms. The van der Waals surface area contributed by atoms with E-state index >= 15 is 0 Å². The van der Waals surface area contributed by atoms with E-state index in [4.69, 9.17) is 15.2 Å². The highest BCUT2D eigenvalue weighted by Gasteiger charge is 2.37. The van der Waals surface area contributed by atoms with Gasteiger partial charge in [-0.05, 0) is 24.4 Å². The first-order valence-electron chi connectivity index (χ1n) is 6.74. The fourth-order valence-electron chi connectivity index (χ4n) is 2.47. The van der Waals surface area contributed by atoms with E-state index in [2.05, 4.69) is 38.1 Å². The van der Waals surface area contributed by atoms with Crippen molar-refractivity contribution in [2.75, 3.05) is 19.8 Å². The lowest BCUT2D eigenvalue weighted by atomic mass is 9.97. The van der Waals surface area contributed by atoms with E-state index in [1.807, 2.05) is 0 Å². The van der Waals surface area contributed by atoms with Gasteiger partial charge in [0.25, 0.3) is 0 Å². The van der Waals surface area contributed by atoms with E-state index in [0.717, 1.165) is 12.0 Å². The summed E-state index contributed by atoms with van der Waals surface area (Å²) in [7, 11) is 0. The van der Waals surface area contributed by atoms with E-state index in [1.165, 1.54) is 5.56 Å². The molecule has 100 valence electrons. The minimum Gasteiger partial charge on any atom is -0.343 e. The molecule has 1 heterocycles. The zero-order valence-electron chi connectivity index (χ0n) is 11.3. The second kappa shape index (κ2) is 5.83. The van der Waals surface area contributed by atoms with Gasteiger partial charge in [-0.25, -0.2) is 0 Å². The van der Waals surface area contributed by atoms with Gasteiger partial charge in [0, 0.05) is 12.0 Å². The molecule has 0 radical (unpaired) electrons. The first-order chi connectivity index (χ1) is 8.66. The minimum atomic E-state index is -0.606. The summed E-state index contributed by atoms with van der Waals surface area (Å²) in [4.78, 5) is 0. The minimum absolute atomic E-state index is 0.563. The molecule has 1 aliphatic heterocycles. The lowest BCUT2D eigenvalue weighted by molar-refractivity contribution is -0.168. The lowest BCUT2D eigenvalue weighted by Gasteiger charge is -2.27. The van der Waals surface area contributed by atoms with Crippen LogP contribution in [0.3, 0.4) is 0 Å². The zero-order chi connectivity index (χ0) is 13.0. The predicted octanol–water partition coefficient (Wildman–Crippen LogP) is 2.43. The summed E-state index contributed by atoms with van der Waals surface area (Å²) < 4.78 is 11.6. The molecule has 1 aromatic carbocycles. The topological polar surface area (TPSA) is 44.5 Å². The first-order valence-corrected chi connectivity index (χ1v) is 6.74. The van der Waals surface area contributed by atoms with Crippen LogP contribution in [-0.4, -0.2) is 19.8 Å². The van der Waals surface area contributed by atoms with Gasteiger partial charge in [-0.2, -0.15) is 0 Å². The molecule has 2 N–H and O–H groups in total. The maximum atomic E-state index is 5.79. The average molecular weight is 249 g/mol. The van der Waals surface area contributed by atoms with E-state index < -0.39 is 5.79 Å². The summed E-state index contributed by atoms with van der Waals surface area (Å²) >= 11 is 0. The van der Waals surface area contributed by atoms with Crippen LogP contribution in [0.25, 0.3) is 0 Å². The van der Waals surface area contributed by atoms with Crippen molar-refractivity contribution >= 4 is 0 Å². The van der Waals surface area contributed by atoms with Gasteiger partial charge in [0.15, 0.2) is 5.79 Å². The van der Waals surface area contributed by atoms with Crippen LogP contribution in [0.1, 0.15) is 31.4 Å². The van der Waals surface area contributed by atoms with Crippen LogP contribution in [0, 0.1) is 5.92 Å². The van der Waals surface area contributed by atoms with Gasteiger partial charge in [-0.1, -0.05) is 38.1 Å². The van der Waals surface area contributed by atoms with Crippen molar-refractivity contribution in [3.63, 3.8) is 0 Å². The Morgan fingerprint density at radius 3 is 2.28 bits per heavy atom. The van der Waals surface area contributed by atoms with Crippen LogP contribution < -0.4 is 5.73 Å². The Morgan fingerprint density at radius 2 is 1.78 bits per heavy atom. The predicted molar refractivity (Wildman–Crippen MR) is 72.2 cm³/mol. The number of nitrogens with two attached hydrogens (primary N) is 1. The van der Waals surface area contributed by atoms with Crippen molar-refractivity contribution in [2.24, 2.45) is 11.7 Å². The summed E-state index contributed by atoms with van der Waals surface area (Å²) in [5.41, 5.74) is 8.10. The molecule has 2 rings (SSSR count). The molecular formula is C15H23NO2. The van der Waals surface area contributed by atoms with Crippen molar-refractivity contribution in [1.82, 2.24) is 0 Å². The Hall–Kier alpha value is -0.900. The van der Waals surface area contributed by atoms with Gasteiger partial charge in [0.2, 0.25) is 0 Å². The second-order valence-electron chi connectivity index (χ2n) is 5.28. The molecule has 1 saturated heterocycles. The zero-order valence-corrected chi connectivity index (χ0v) is 11.3. The quantitative estimate of drug-likeness (QED) is 0.871. The molecule has 1 aliphatic rings. The molecule has 0 aliphatic carbocycles. The third-order valence-corrected chi connectivity index (χ3v) is 3.26. The Bertz CT molecular complexity index is 367. The molecule has 18 heavy (non-hydrogen) atoms. The smallest absolute Gasteiger partial charge is 0.196 e. The summed E-state index contributed by atoms with van der Waals surface area (Å²) in [5.74, 6) is 0.0679. The SMILES string of the molecule is CC(C)Cc1ccc(C2(CCN)OCCO2)cc1. The Balaban J connectivity index is 2.16. The summed E-state index contributed by atoms with van der Waals surface area (Å²) in [6, 6.07) is 8.55. The van der Waals surface area contributed by atoms with Crippen LogP contribution in [0.15, 0.2) is 24.3 Å². The molecule has 1 aromatic rings. The van der Waals surface area contributed by atoms with E-state index in [0.29, 0.717) is 32.1 Å². The number of benzene rings is 1. The highest BCUT2D eigenvalue weighted by Crippen LogP contribution is 2.34. The molecule has 0 saturated carbocycles.